The number of aromatic nitrogens is 1. The average molecular weight is 269 g/mol. The molecule has 0 spiro atoms. The molecule has 0 aliphatic heterocycles. The Kier molecular flexibility index (Phi) is 3.55. The maximum Gasteiger partial charge on any atom is 0.244 e. The number of aromatic amines is 1. The number of nitrogens with one attached hydrogen (secondary N) is 1. The lowest BCUT2D eigenvalue weighted by molar-refractivity contribution is 0.406. The van der Waals surface area contributed by atoms with E-state index in [2.05, 4.69) is 4.98 Å². The number of hydrogen-bond donors (Lipinski definition) is 2. The van der Waals surface area contributed by atoms with Gasteiger partial charge in [-0.25, -0.2) is 8.42 Å². The molecule has 0 aromatic carbocycles. The molecule has 0 aliphatic carbocycles. The van der Waals surface area contributed by atoms with Crippen molar-refractivity contribution in [3.05, 3.63) is 42.1 Å². The van der Waals surface area contributed by atoms with Gasteiger partial charge < -0.3 is 15.1 Å². The smallest absolute Gasteiger partial charge is 0.244 e. The van der Waals surface area contributed by atoms with Gasteiger partial charge in [0.05, 0.1) is 17.7 Å². The first-order valence-electron chi connectivity index (χ1n) is 5.40. The van der Waals surface area contributed by atoms with Crippen LogP contribution in [0, 0.1) is 0 Å². The zero-order valence-electron chi connectivity index (χ0n) is 9.96. The van der Waals surface area contributed by atoms with Crippen molar-refractivity contribution in [3.63, 3.8) is 0 Å². The van der Waals surface area contributed by atoms with Crippen molar-refractivity contribution in [2.75, 3.05) is 7.05 Å². The molecule has 2 rings (SSSR count). The Hall–Kier alpha value is -1.57. The standard InChI is InChI=1S/C11H15N3O3S/c1-14(8-10-3-2-4-17-10)18(15,16)11-5-9(6-12)13-7-11/h2-5,7,13H,6,8,12H2,1H3. The van der Waals surface area contributed by atoms with Gasteiger partial charge in [0.15, 0.2) is 0 Å². The summed E-state index contributed by atoms with van der Waals surface area (Å²) in [4.78, 5) is 3.03. The molecule has 0 bridgehead atoms. The summed E-state index contributed by atoms with van der Waals surface area (Å²) in [6, 6.07) is 4.99. The van der Waals surface area contributed by atoms with Crippen molar-refractivity contribution >= 4 is 10.0 Å². The lowest BCUT2D eigenvalue weighted by Gasteiger charge is -2.14. The van der Waals surface area contributed by atoms with Gasteiger partial charge in [0.2, 0.25) is 10.0 Å². The minimum Gasteiger partial charge on any atom is -0.468 e. The normalized spacial score (nSPS) is 12.2. The first-order valence-corrected chi connectivity index (χ1v) is 6.84. The maximum absolute atomic E-state index is 12.2. The number of H-pyrrole nitrogens is 1. The molecule has 6 nitrogen and oxygen atoms in total. The van der Waals surface area contributed by atoms with Crippen molar-refractivity contribution in [1.29, 1.82) is 0 Å². The highest BCUT2D eigenvalue weighted by Gasteiger charge is 2.22. The van der Waals surface area contributed by atoms with Gasteiger partial charge in [-0.3, -0.25) is 0 Å². The Labute approximate surface area is 105 Å². The number of sulfonamides is 1. The predicted octanol–water partition coefficient (Wildman–Crippen LogP) is 0.887. The van der Waals surface area contributed by atoms with E-state index in [0.29, 0.717) is 11.5 Å². The molecule has 0 radical (unpaired) electrons. The lowest BCUT2D eigenvalue weighted by Crippen LogP contribution is -2.26. The molecule has 0 atom stereocenters. The molecule has 2 aromatic rings. The minimum absolute atomic E-state index is 0.193. The van der Waals surface area contributed by atoms with Crippen molar-refractivity contribution in [3.8, 4) is 0 Å². The second-order valence-electron chi connectivity index (χ2n) is 3.91. The fourth-order valence-electron chi connectivity index (χ4n) is 1.57. The molecule has 0 saturated heterocycles. The second kappa shape index (κ2) is 4.97. The van der Waals surface area contributed by atoms with E-state index >= 15 is 0 Å². The molecule has 2 heterocycles. The molecule has 7 heteroatoms. The quantitative estimate of drug-likeness (QED) is 0.843. The summed E-state index contributed by atoms with van der Waals surface area (Å²) in [6.45, 7) is 0.468. The molecule has 18 heavy (non-hydrogen) atoms. The van der Waals surface area contributed by atoms with Gasteiger partial charge in [0, 0.05) is 25.5 Å². The molecule has 98 valence electrons. The van der Waals surface area contributed by atoms with Gasteiger partial charge in [0.1, 0.15) is 5.76 Å². The highest BCUT2D eigenvalue weighted by molar-refractivity contribution is 7.89. The van der Waals surface area contributed by atoms with Crippen LogP contribution in [-0.2, 0) is 23.1 Å². The van der Waals surface area contributed by atoms with E-state index in [-0.39, 0.29) is 18.0 Å². The highest BCUT2D eigenvalue weighted by Crippen LogP contribution is 2.17. The van der Waals surface area contributed by atoms with E-state index in [1.165, 1.54) is 29.9 Å². The largest absolute Gasteiger partial charge is 0.468 e. The second-order valence-corrected chi connectivity index (χ2v) is 5.95. The van der Waals surface area contributed by atoms with Crippen molar-refractivity contribution in [1.82, 2.24) is 9.29 Å². The van der Waals surface area contributed by atoms with Crippen LogP contribution < -0.4 is 5.73 Å². The third-order valence-corrected chi connectivity index (χ3v) is 4.38. The van der Waals surface area contributed by atoms with E-state index in [0.717, 1.165) is 0 Å². The van der Waals surface area contributed by atoms with Crippen LogP contribution >= 0.6 is 0 Å². The average Bonchev–Trinajstić information content (AvgIpc) is 2.99. The monoisotopic (exact) mass is 269 g/mol. The van der Waals surface area contributed by atoms with Crippen molar-refractivity contribution < 1.29 is 12.8 Å². The van der Waals surface area contributed by atoms with Crippen molar-refractivity contribution in [2.24, 2.45) is 5.73 Å². The molecule has 0 saturated carbocycles. The number of rotatable bonds is 5. The van der Waals surface area contributed by atoms with Crippen LogP contribution in [-0.4, -0.2) is 24.8 Å². The summed E-state index contributed by atoms with van der Waals surface area (Å²) >= 11 is 0. The zero-order chi connectivity index (χ0) is 13.2. The van der Waals surface area contributed by atoms with E-state index < -0.39 is 10.0 Å². The number of nitrogens with zero attached hydrogens (tertiary/aromatic N) is 1. The summed E-state index contributed by atoms with van der Waals surface area (Å²) in [5, 5.41) is 0. The summed E-state index contributed by atoms with van der Waals surface area (Å²) in [7, 11) is -2.01. The molecule has 0 amide bonds. The maximum atomic E-state index is 12.2. The topological polar surface area (TPSA) is 92.3 Å². The SMILES string of the molecule is CN(Cc1ccco1)S(=O)(=O)c1c[nH]c(CN)c1. The summed E-state index contributed by atoms with van der Waals surface area (Å²) in [6.07, 6.45) is 2.95. The van der Waals surface area contributed by atoms with E-state index in [1.807, 2.05) is 0 Å². The number of nitrogens with two attached hydrogens (primary N) is 1. The third-order valence-electron chi connectivity index (χ3n) is 2.60. The predicted molar refractivity (Wildman–Crippen MR) is 66.0 cm³/mol. The molecular weight excluding hydrogens is 254 g/mol. The fraction of sp³-hybridized carbons (Fsp3) is 0.273. The molecule has 3 N–H and O–H groups in total. The van der Waals surface area contributed by atoms with Crippen molar-refractivity contribution in [2.45, 2.75) is 18.0 Å². The number of furan rings is 1. The van der Waals surface area contributed by atoms with Crippen LogP contribution in [0.1, 0.15) is 11.5 Å². The minimum atomic E-state index is -3.52. The van der Waals surface area contributed by atoms with Gasteiger partial charge in [-0.2, -0.15) is 4.31 Å². The number of hydrogen-bond acceptors (Lipinski definition) is 4. The van der Waals surface area contributed by atoms with E-state index in [1.54, 1.807) is 12.1 Å². The molecule has 0 fully saturated rings. The van der Waals surface area contributed by atoms with Crippen LogP contribution in [0.2, 0.25) is 0 Å². The Morgan fingerprint density at radius 3 is 2.83 bits per heavy atom. The van der Waals surface area contributed by atoms with Gasteiger partial charge >= 0.3 is 0 Å². The first kappa shape index (κ1) is 12.9. The summed E-state index contributed by atoms with van der Waals surface area (Å²) < 4.78 is 30.8. The fourth-order valence-corrected chi connectivity index (χ4v) is 2.73. The Morgan fingerprint density at radius 2 is 2.28 bits per heavy atom. The van der Waals surface area contributed by atoms with Crippen LogP contribution in [0.15, 0.2) is 40.0 Å². The van der Waals surface area contributed by atoms with Crippen LogP contribution in [0.25, 0.3) is 0 Å². The van der Waals surface area contributed by atoms with Gasteiger partial charge in [-0.1, -0.05) is 0 Å². The van der Waals surface area contributed by atoms with E-state index in [9.17, 15) is 8.42 Å². The third kappa shape index (κ3) is 2.47. The Bertz CT molecular complexity index is 601. The van der Waals surface area contributed by atoms with Crippen LogP contribution in [0.5, 0.6) is 0 Å². The zero-order valence-corrected chi connectivity index (χ0v) is 10.8. The molecule has 2 aromatic heterocycles. The molecular formula is C11H15N3O3S. The van der Waals surface area contributed by atoms with Gasteiger partial charge in [-0.05, 0) is 18.2 Å². The van der Waals surface area contributed by atoms with Gasteiger partial charge in [-0.15, -0.1) is 0 Å². The Morgan fingerprint density at radius 1 is 1.50 bits per heavy atom. The lowest BCUT2D eigenvalue weighted by atomic mass is 10.4. The molecule has 0 aliphatic rings. The first-order chi connectivity index (χ1) is 8.54. The highest BCUT2D eigenvalue weighted by atomic mass is 32.2. The summed E-state index contributed by atoms with van der Waals surface area (Å²) in [5.41, 5.74) is 6.12. The van der Waals surface area contributed by atoms with Crippen LogP contribution in [0.4, 0.5) is 0 Å². The summed E-state index contributed by atoms with van der Waals surface area (Å²) in [5.74, 6) is 0.593. The van der Waals surface area contributed by atoms with E-state index in [4.69, 9.17) is 10.2 Å². The van der Waals surface area contributed by atoms with Crippen LogP contribution in [0.3, 0.4) is 0 Å². The Balaban J connectivity index is 2.19. The van der Waals surface area contributed by atoms with Gasteiger partial charge in [0.25, 0.3) is 0 Å². The molecule has 0 unspecified atom stereocenters.